The average molecular weight is 310 g/mol. The Balaban J connectivity index is 2.33. The molecule has 1 aromatic rings. The molecule has 0 aromatic heterocycles. The lowest BCUT2D eigenvalue weighted by molar-refractivity contribution is 0.0601. The SMILES string of the molecule is NNC(CC1CCOCC1)c1c(F)c(F)c(F)c(F)c1F. The Morgan fingerprint density at radius 2 is 1.43 bits per heavy atom. The fourth-order valence-electron chi connectivity index (χ4n) is 2.51. The second-order valence-electron chi connectivity index (χ2n) is 4.99. The summed E-state index contributed by atoms with van der Waals surface area (Å²) in [7, 11) is 0. The van der Waals surface area contributed by atoms with Gasteiger partial charge in [-0.05, 0) is 25.2 Å². The summed E-state index contributed by atoms with van der Waals surface area (Å²) in [5.41, 5.74) is 1.23. The van der Waals surface area contributed by atoms with Crippen LogP contribution >= 0.6 is 0 Å². The topological polar surface area (TPSA) is 47.3 Å². The number of hydrogen-bond acceptors (Lipinski definition) is 3. The molecule has 0 saturated carbocycles. The predicted molar refractivity (Wildman–Crippen MR) is 64.5 cm³/mol. The smallest absolute Gasteiger partial charge is 0.200 e. The van der Waals surface area contributed by atoms with Crippen molar-refractivity contribution in [2.75, 3.05) is 13.2 Å². The van der Waals surface area contributed by atoms with Gasteiger partial charge in [-0.25, -0.2) is 22.0 Å². The minimum atomic E-state index is -2.17. The van der Waals surface area contributed by atoms with Gasteiger partial charge in [0.15, 0.2) is 23.3 Å². The zero-order valence-electron chi connectivity index (χ0n) is 11.1. The summed E-state index contributed by atoms with van der Waals surface area (Å²) in [6.07, 6.45) is 1.46. The molecule has 3 N–H and O–H groups in total. The maximum absolute atomic E-state index is 13.8. The third-order valence-electron chi connectivity index (χ3n) is 3.70. The van der Waals surface area contributed by atoms with E-state index in [0.29, 0.717) is 26.1 Å². The molecule has 0 amide bonds. The third-order valence-corrected chi connectivity index (χ3v) is 3.70. The van der Waals surface area contributed by atoms with Crippen LogP contribution in [0.2, 0.25) is 0 Å². The molecule has 1 saturated heterocycles. The highest BCUT2D eigenvalue weighted by molar-refractivity contribution is 5.27. The van der Waals surface area contributed by atoms with Crippen LogP contribution < -0.4 is 11.3 Å². The molecule has 0 aliphatic carbocycles. The summed E-state index contributed by atoms with van der Waals surface area (Å²) in [4.78, 5) is 0. The molecule has 1 unspecified atom stereocenters. The lowest BCUT2D eigenvalue weighted by Gasteiger charge is -2.27. The molecule has 8 heteroatoms. The zero-order chi connectivity index (χ0) is 15.6. The van der Waals surface area contributed by atoms with E-state index >= 15 is 0 Å². The molecule has 118 valence electrons. The van der Waals surface area contributed by atoms with Gasteiger partial charge < -0.3 is 4.74 Å². The second kappa shape index (κ2) is 6.67. The maximum Gasteiger partial charge on any atom is 0.200 e. The summed E-state index contributed by atoms with van der Waals surface area (Å²) < 4.78 is 72.1. The van der Waals surface area contributed by atoms with Gasteiger partial charge in [0.05, 0.1) is 6.04 Å². The molecule has 0 spiro atoms. The lowest BCUT2D eigenvalue weighted by Crippen LogP contribution is -2.33. The number of nitrogens with two attached hydrogens (primary N) is 1. The van der Waals surface area contributed by atoms with Gasteiger partial charge in [-0.3, -0.25) is 11.3 Å². The summed E-state index contributed by atoms with van der Waals surface area (Å²) in [5, 5.41) is 0. The fraction of sp³-hybridized carbons (Fsp3) is 0.538. The van der Waals surface area contributed by atoms with Crippen LogP contribution in [-0.2, 0) is 4.74 Å². The van der Waals surface area contributed by atoms with Gasteiger partial charge in [-0.15, -0.1) is 0 Å². The molecule has 1 aliphatic heterocycles. The van der Waals surface area contributed by atoms with Gasteiger partial charge in [0.25, 0.3) is 0 Å². The first-order chi connectivity index (χ1) is 9.97. The summed E-state index contributed by atoms with van der Waals surface area (Å²) in [5.74, 6) is -4.50. The molecule has 1 atom stereocenters. The molecule has 1 aromatic carbocycles. The van der Waals surface area contributed by atoms with E-state index in [0.717, 1.165) is 0 Å². The van der Waals surface area contributed by atoms with Crippen LogP contribution in [0.4, 0.5) is 22.0 Å². The van der Waals surface area contributed by atoms with Gasteiger partial charge in [0, 0.05) is 18.8 Å². The van der Waals surface area contributed by atoms with Crippen LogP contribution in [0.25, 0.3) is 0 Å². The van der Waals surface area contributed by atoms with Crippen molar-refractivity contribution >= 4 is 0 Å². The van der Waals surface area contributed by atoms with Crippen molar-refractivity contribution in [3.8, 4) is 0 Å². The highest BCUT2D eigenvalue weighted by Gasteiger charge is 2.31. The Morgan fingerprint density at radius 3 is 1.90 bits per heavy atom. The monoisotopic (exact) mass is 310 g/mol. The van der Waals surface area contributed by atoms with Crippen molar-refractivity contribution in [2.45, 2.75) is 25.3 Å². The molecular weight excluding hydrogens is 295 g/mol. The summed E-state index contributed by atoms with van der Waals surface area (Å²) >= 11 is 0. The zero-order valence-corrected chi connectivity index (χ0v) is 11.1. The predicted octanol–water partition coefficient (Wildman–Crippen LogP) is 2.70. The fourth-order valence-corrected chi connectivity index (χ4v) is 2.51. The van der Waals surface area contributed by atoms with Crippen molar-refractivity contribution in [1.82, 2.24) is 5.43 Å². The van der Waals surface area contributed by atoms with Gasteiger partial charge in [-0.2, -0.15) is 0 Å². The van der Waals surface area contributed by atoms with E-state index in [4.69, 9.17) is 10.6 Å². The van der Waals surface area contributed by atoms with E-state index in [1.165, 1.54) is 0 Å². The Labute approximate surface area is 118 Å². The average Bonchev–Trinajstić information content (AvgIpc) is 2.51. The van der Waals surface area contributed by atoms with Gasteiger partial charge in [0.1, 0.15) is 0 Å². The molecular formula is C13H15F5N2O. The normalized spacial score (nSPS) is 18.0. The maximum atomic E-state index is 13.8. The number of benzene rings is 1. The van der Waals surface area contributed by atoms with Gasteiger partial charge in [-0.1, -0.05) is 0 Å². The van der Waals surface area contributed by atoms with E-state index in [1.54, 1.807) is 0 Å². The Morgan fingerprint density at radius 1 is 0.952 bits per heavy atom. The van der Waals surface area contributed by atoms with Crippen LogP contribution in [0, 0.1) is 35.0 Å². The lowest BCUT2D eigenvalue weighted by atomic mass is 9.89. The molecule has 21 heavy (non-hydrogen) atoms. The molecule has 1 fully saturated rings. The van der Waals surface area contributed by atoms with Crippen LogP contribution in [0.15, 0.2) is 0 Å². The Hall–Kier alpha value is -1.25. The standard InChI is InChI=1S/C13H15F5N2O/c14-9-8(10(15)12(17)13(18)11(9)16)7(20-19)5-6-1-3-21-4-2-6/h6-7,20H,1-5,19H2. The van der Waals surface area contributed by atoms with Crippen molar-refractivity contribution in [3.05, 3.63) is 34.6 Å². The van der Waals surface area contributed by atoms with Crippen LogP contribution in [0.3, 0.4) is 0 Å². The third kappa shape index (κ3) is 3.17. The largest absolute Gasteiger partial charge is 0.381 e. The van der Waals surface area contributed by atoms with Gasteiger partial charge >= 0.3 is 0 Å². The number of nitrogens with one attached hydrogen (secondary N) is 1. The number of halogens is 5. The minimum absolute atomic E-state index is 0.0368. The number of rotatable bonds is 4. The van der Waals surface area contributed by atoms with E-state index < -0.39 is 40.7 Å². The van der Waals surface area contributed by atoms with Crippen molar-refractivity contribution in [2.24, 2.45) is 11.8 Å². The number of hydrazine groups is 1. The highest BCUT2D eigenvalue weighted by Crippen LogP contribution is 2.33. The Kier molecular flexibility index (Phi) is 5.13. The molecule has 2 rings (SSSR count). The molecule has 0 bridgehead atoms. The number of hydrogen-bond donors (Lipinski definition) is 2. The van der Waals surface area contributed by atoms with E-state index in [1.807, 2.05) is 0 Å². The van der Waals surface area contributed by atoms with E-state index in [9.17, 15) is 22.0 Å². The summed E-state index contributed by atoms with van der Waals surface area (Å²) in [6, 6.07) is -1.15. The van der Waals surface area contributed by atoms with Crippen LogP contribution in [0.1, 0.15) is 30.9 Å². The molecule has 1 heterocycles. The van der Waals surface area contributed by atoms with Crippen LogP contribution in [-0.4, -0.2) is 13.2 Å². The quantitative estimate of drug-likeness (QED) is 0.295. The highest BCUT2D eigenvalue weighted by atomic mass is 19.2. The second-order valence-corrected chi connectivity index (χ2v) is 4.99. The van der Waals surface area contributed by atoms with E-state index in [-0.39, 0.29) is 12.3 Å². The molecule has 3 nitrogen and oxygen atoms in total. The number of ether oxygens (including phenoxy) is 1. The van der Waals surface area contributed by atoms with Crippen LogP contribution in [0.5, 0.6) is 0 Å². The Bertz CT molecular complexity index is 491. The first-order valence-electron chi connectivity index (χ1n) is 6.52. The first-order valence-corrected chi connectivity index (χ1v) is 6.52. The first kappa shape index (κ1) is 16.1. The van der Waals surface area contributed by atoms with Gasteiger partial charge in [0.2, 0.25) is 5.82 Å². The van der Waals surface area contributed by atoms with E-state index in [2.05, 4.69) is 5.43 Å². The van der Waals surface area contributed by atoms with Crippen molar-refractivity contribution in [1.29, 1.82) is 0 Å². The molecule has 0 radical (unpaired) electrons. The van der Waals surface area contributed by atoms with Crippen molar-refractivity contribution in [3.63, 3.8) is 0 Å². The molecule has 1 aliphatic rings. The summed E-state index contributed by atoms with van der Waals surface area (Å²) in [6.45, 7) is 0.998. The minimum Gasteiger partial charge on any atom is -0.381 e. The van der Waals surface area contributed by atoms with Crippen molar-refractivity contribution < 1.29 is 26.7 Å².